The van der Waals surface area contributed by atoms with Crippen molar-refractivity contribution in [2.45, 2.75) is 32.5 Å². The molecule has 0 aliphatic heterocycles. The first-order valence-corrected chi connectivity index (χ1v) is 10.2. The van der Waals surface area contributed by atoms with Crippen LogP contribution in [-0.4, -0.2) is 14.9 Å². The van der Waals surface area contributed by atoms with Gasteiger partial charge in [0.15, 0.2) is 0 Å². The van der Waals surface area contributed by atoms with Crippen LogP contribution in [0, 0.1) is 0 Å². The first kappa shape index (κ1) is 13.9. The van der Waals surface area contributed by atoms with Crippen LogP contribution in [0.4, 0.5) is 0 Å². The van der Waals surface area contributed by atoms with Crippen molar-refractivity contribution in [1.29, 1.82) is 0 Å². The highest BCUT2D eigenvalue weighted by Gasteiger charge is 2.26. The fourth-order valence-electron chi connectivity index (χ4n) is 2.19. The van der Waals surface area contributed by atoms with Gasteiger partial charge in [-0.3, -0.25) is 0 Å². The van der Waals surface area contributed by atoms with Crippen molar-refractivity contribution < 1.29 is 9.16 Å². The maximum absolute atomic E-state index is 6.27. The van der Waals surface area contributed by atoms with Gasteiger partial charge in [-0.05, 0) is 31.6 Å². The van der Waals surface area contributed by atoms with Gasteiger partial charge in [0.1, 0.15) is 18.1 Å². The van der Waals surface area contributed by atoms with Crippen LogP contribution in [0.1, 0.15) is 17.5 Å². The van der Waals surface area contributed by atoms with E-state index < -0.39 is 8.32 Å². The zero-order chi connectivity index (χ0) is 13.9. The summed E-state index contributed by atoms with van der Waals surface area (Å²) in [6.07, 6.45) is 3.70. The van der Waals surface area contributed by atoms with Gasteiger partial charge >= 0.3 is 0 Å². The van der Waals surface area contributed by atoms with Crippen LogP contribution in [0.3, 0.4) is 0 Å². The number of ether oxygens (including phenoxy) is 1. The van der Waals surface area contributed by atoms with Crippen molar-refractivity contribution in [3.8, 4) is 0 Å². The summed E-state index contributed by atoms with van der Waals surface area (Å²) in [6, 6.07) is 8.44. The standard InChI is InChI=1S/C16H22O2Si/c1-5-12-17-15-11-10-13-8-6-7-9-14(13)16(15)18-19(2,3)4/h5-9H,1,10-12H2,2-4H3. The molecule has 0 spiro atoms. The molecule has 0 unspecified atom stereocenters. The molecule has 1 aromatic rings. The van der Waals surface area contributed by atoms with Gasteiger partial charge in [-0.2, -0.15) is 0 Å². The number of allylic oxidation sites excluding steroid dienone is 1. The average molecular weight is 274 g/mol. The van der Waals surface area contributed by atoms with Gasteiger partial charge in [-0.15, -0.1) is 0 Å². The molecule has 19 heavy (non-hydrogen) atoms. The maximum Gasteiger partial charge on any atom is 0.242 e. The Morgan fingerprint density at radius 1 is 1.21 bits per heavy atom. The van der Waals surface area contributed by atoms with E-state index in [9.17, 15) is 0 Å². The predicted molar refractivity (Wildman–Crippen MR) is 82.3 cm³/mol. The molecule has 3 heteroatoms. The minimum Gasteiger partial charge on any atom is -0.542 e. The highest BCUT2D eigenvalue weighted by molar-refractivity contribution is 6.70. The Kier molecular flexibility index (Phi) is 4.15. The van der Waals surface area contributed by atoms with E-state index in [1.54, 1.807) is 6.08 Å². The molecule has 0 atom stereocenters. The van der Waals surface area contributed by atoms with Gasteiger partial charge in [-0.1, -0.05) is 36.9 Å². The van der Waals surface area contributed by atoms with Gasteiger partial charge < -0.3 is 9.16 Å². The lowest BCUT2D eigenvalue weighted by Crippen LogP contribution is -2.26. The van der Waals surface area contributed by atoms with E-state index in [0.717, 1.165) is 24.4 Å². The summed E-state index contributed by atoms with van der Waals surface area (Å²) in [6.45, 7) is 10.8. The summed E-state index contributed by atoms with van der Waals surface area (Å²) >= 11 is 0. The minimum atomic E-state index is -1.66. The molecule has 0 heterocycles. The lowest BCUT2D eigenvalue weighted by Gasteiger charge is -2.28. The highest BCUT2D eigenvalue weighted by atomic mass is 28.4. The lowest BCUT2D eigenvalue weighted by atomic mass is 9.95. The fraction of sp³-hybridized carbons (Fsp3) is 0.375. The van der Waals surface area contributed by atoms with Gasteiger partial charge in [0.25, 0.3) is 0 Å². The molecule has 1 aromatic carbocycles. The predicted octanol–water partition coefficient (Wildman–Crippen LogP) is 4.36. The Morgan fingerprint density at radius 3 is 2.63 bits per heavy atom. The number of rotatable bonds is 5. The molecule has 2 nitrogen and oxygen atoms in total. The molecule has 0 N–H and O–H groups in total. The second-order valence-electron chi connectivity index (χ2n) is 5.72. The molecular weight excluding hydrogens is 252 g/mol. The van der Waals surface area contributed by atoms with Gasteiger partial charge in [0.05, 0.1) is 0 Å². The van der Waals surface area contributed by atoms with Crippen LogP contribution in [0.15, 0.2) is 42.7 Å². The fourth-order valence-corrected chi connectivity index (χ4v) is 3.02. The number of aryl methyl sites for hydroxylation is 1. The third-order valence-corrected chi connectivity index (χ3v) is 3.74. The van der Waals surface area contributed by atoms with Crippen LogP contribution in [-0.2, 0) is 15.6 Å². The Balaban J connectivity index is 2.40. The topological polar surface area (TPSA) is 18.5 Å². The largest absolute Gasteiger partial charge is 0.542 e. The van der Waals surface area contributed by atoms with Crippen molar-refractivity contribution in [2.24, 2.45) is 0 Å². The second-order valence-corrected chi connectivity index (χ2v) is 10.2. The van der Waals surface area contributed by atoms with E-state index in [2.05, 4.69) is 50.5 Å². The summed E-state index contributed by atoms with van der Waals surface area (Å²) in [5.74, 6) is 1.92. The number of benzene rings is 1. The van der Waals surface area contributed by atoms with Crippen molar-refractivity contribution in [2.75, 3.05) is 6.61 Å². The van der Waals surface area contributed by atoms with Gasteiger partial charge in [-0.25, -0.2) is 0 Å². The van der Waals surface area contributed by atoms with Crippen molar-refractivity contribution in [3.05, 3.63) is 53.8 Å². The molecule has 0 saturated heterocycles. The van der Waals surface area contributed by atoms with Crippen LogP contribution < -0.4 is 0 Å². The Morgan fingerprint density at radius 2 is 1.95 bits per heavy atom. The first-order valence-electron chi connectivity index (χ1n) is 6.75. The smallest absolute Gasteiger partial charge is 0.242 e. The van der Waals surface area contributed by atoms with Crippen molar-refractivity contribution >= 4 is 14.1 Å². The molecule has 2 rings (SSSR count). The Hall–Kier alpha value is -1.48. The molecule has 102 valence electrons. The van der Waals surface area contributed by atoms with E-state index >= 15 is 0 Å². The van der Waals surface area contributed by atoms with Crippen molar-refractivity contribution in [3.63, 3.8) is 0 Å². The SMILES string of the molecule is C=CCOC1=C(O[Si](C)(C)C)c2ccccc2CC1. The van der Waals surface area contributed by atoms with Gasteiger partial charge in [0.2, 0.25) is 8.32 Å². The summed E-state index contributed by atoms with van der Waals surface area (Å²) < 4.78 is 12.1. The second kappa shape index (κ2) is 5.66. The quantitative estimate of drug-likeness (QED) is 0.587. The molecule has 1 aliphatic rings. The normalized spacial score (nSPS) is 14.9. The number of hydrogen-bond acceptors (Lipinski definition) is 2. The molecule has 0 saturated carbocycles. The molecule has 0 radical (unpaired) electrons. The van der Waals surface area contributed by atoms with Crippen LogP contribution >= 0.6 is 0 Å². The van der Waals surface area contributed by atoms with Crippen LogP contribution in [0.5, 0.6) is 0 Å². The molecule has 1 aliphatic carbocycles. The molecular formula is C16H22O2Si. The molecule has 0 fully saturated rings. The molecule has 0 aromatic heterocycles. The first-order chi connectivity index (χ1) is 9.01. The van der Waals surface area contributed by atoms with E-state index in [1.165, 1.54) is 11.1 Å². The monoisotopic (exact) mass is 274 g/mol. The zero-order valence-corrected chi connectivity index (χ0v) is 13.0. The highest BCUT2D eigenvalue weighted by Crippen LogP contribution is 2.34. The summed E-state index contributed by atoms with van der Waals surface area (Å²) in [4.78, 5) is 0. The summed E-state index contributed by atoms with van der Waals surface area (Å²) in [5.41, 5.74) is 2.54. The van der Waals surface area contributed by atoms with Crippen LogP contribution in [0.2, 0.25) is 19.6 Å². The molecule has 0 amide bonds. The Bertz CT molecular complexity index is 498. The lowest BCUT2D eigenvalue weighted by molar-refractivity contribution is 0.227. The van der Waals surface area contributed by atoms with E-state index in [-0.39, 0.29) is 0 Å². The summed E-state index contributed by atoms with van der Waals surface area (Å²) in [7, 11) is -1.66. The minimum absolute atomic E-state index is 0.538. The van der Waals surface area contributed by atoms with Crippen molar-refractivity contribution in [1.82, 2.24) is 0 Å². The molecule has 0 bridgehead atoms. The number of fused-ring (bicyclic) bond motifs is 1. The third-order valence-electron chi connectivity index (χ3n) is 2.92. The Labute approximate surface area is 116 Å². The van der Waals surface area contributed by atoms with E-state index in [1.807, 2.05) is 0 Å². The van der Waals surface area contributed by atoms with E-state index in [0.29, 0.717) is 6.61 Å². The maximum atomic E-state index is 6.27. The van der Waals surface area contributed by atoms with E-state index in [4.69, 9.17) is 9.16 Å². The zero-order valence-electron chi connectivity index (χ0n) is 12.0. The number of hydrogen-bond donors (Lipinski definition) is 0. The van der Waals surface area contributed by atoms with Crippen LogP contribution in [0.25, 0.3) is 5.76 Å². The third kappa shape index (κ3) is 3.50. The van der Waals surface area contributed by atoms with Gasteiger partial charge in [0, 0.05) is 12.0 Å². The summed E-state index contributed by atoms with van der Waals surface area (Å²) in [5, 5.41) is 0. The average Bonchev–Trinajstić information content (AvgIpc) is 2.36.